The number of carbonyl (C=O) groups is 1. The van der Waals surface area contributed by atoms with Crippen LogP contribution in [0.5, 0.6) is 0 Å². The highest BCUT2D eigenvalue weighted by molar-refractivity contribution is 5.95. The number of carbonyl (C=O) groups excluding carboxylic acids is 1. The first-order valence-electron chi connectivity index (χ1n) is 5.91. The van der Waals surface area contributed by atoms with Crippen LogP contribution in [0.2, 0.25) is 0 Å². The lowest BCUT2D eigenvalue weighted by Crippen LogP contribution is -2.23. The number of nitrogens with two attached hydrogens (primary N) is 1. The first-order chi connectivity index (χ1) is 10.1. The Morgan fingerprint density at radius 3 is 2.81 bits per heavy atom. The summed E-state index contributed by atoms with van der Waals surface area (Å²) in [6.45, 7) is 0.203. The van der Waals surface area contributed by atoms with Gasteiger partial charge in [-0.15, -0.1) is 0 Å². The summed E-state index contributed by atoms with van der Waals surface area (Å²) in [7, 11) is 0. The van der Waals surface area contributed by atoms with E-state index in [1.54, 1.807) is 12.1 Å². The Kier molecular flexibility index (Phi) is 4.36. The van der Waals surface area contributed by atoms with Crippen LogP contribution >= 0.6 is 0 Å². The molecule has 0 aliphatic carbocycles. The number of hydrazine groups is 1. The molecule has 108 valence electrons. The highest BCUT2D eigenvalue weighted by Crippen LogP contribution is 2.24. The van der Waals surface area contributed by atoms with Crippen molar-refractivity contribution in [2.24, 2.45) is 5.84 Å². The number of nitro groups is 1. The SMILES string of the molecule is NNc1cc(C(=O)NCc2cccnn2)ccc1[N+](=O)[O-]. The quantitative estimate of drug-likeness (QED) is 0.416. The van der Waals surface area contributed by atoms with Gasteiger partial charge in [-0.2, -0.15) is 10.2 Å². The minimum absolute atomic E-state index is 0.0622. The number of amides is 1. The third-order valence-corrected chi connectivity index (χ3v) is 2.67. The van der Waals surface area contributed by atoms with Gasteiger partial charge in [0.25, 0.3) is 11.6 Å². The minimum atomic E-state index is -0.587. The number of benzene rings is 1. The molecule has 0 bridgehead atoms. The first kappa shape index (κ1) is 14.3. The number of nitrogen functional groups attached to an aromatic ring is 1. The molecule has 0 fully saturated rings. The molecule has 1 aromatic carbocycles. The Morgan fingerprint density at radius 2 is 2.19 bits per heavy atom. The van der Waals surface area contributed by atoms with E-state index < -0.39 is 10.8 Å². The molecule has 1 aromatic heterocycles. The zero-order chi connectivity index (χ0) is 15.2. The van der Waals surface area contributed by atoms with Gasteiger partial charge in [0.15, 0.2) is 0 Å². The highest BCUT2D eigenvalue weighted by Gasteiger charge is 2.16. The predicted octanol–water partition coefficient (Wildman–Crippen LogP) is 0.600. The summed E-state index contributed by atoms with van der Waals surface area (Å²) in [5, 5.41) is 20.9. The predicted molar refractivity (Wildman–Crippen MR) is 74.1 cm³/mol. The van der Waals surface area contributed by atoms with Gasteiger partial charge in [-0.1, -0.05) is 0 Å². The molecular weight excluding hydrogens is 276 g/mol. The number of nitrogens with zero attached hydrogens (tertiary/aromatic N) is 3. The maximum absolute atomic E-state index is 12.0. The Hall–Kier alpha value is -3.07. The van der Waals surface area contributed by atoms with E-state index in [-0.39, 0.29) is 23.5 Å². The Morgan fingerprint density at radius 1 is 1.38 bits per heavy atom. The van der Waals surface area contributed by atoms with Crippen LogP contribution < -0.4 is 16.6 Å². The fraction of sp³-hybridized carbons (Fsp3) is 0.0833. The summed E-state index contributed by atoms with van der Waals surface area (Å²) in [5.74, 6) is 4.82. The van der Waals surface area contributed by atoms with Gasteiger partial charge in [-0.05, 0) is 24.3 Å². The van der Waals surface area contributed by atoms with Gasteiger partial charge in [0.05, 0.1) is 17.2 Å². The molecule has 1 amide bonds. The highest BCUT2D eigenvalue weighted by atomic mass is 16.6. The van der Waals surface area contributed by atoms with Crippen LogP contribution in [-0.2, 0) is 6.54 Å². The molecular formula is C12H12N6O3. The van der Waals surface area contributed by atoms with E-state index in [2.05, 4.69) is 20.9 Å². The van der Waals surface area contributed by atoms with Gasteiger partial charge in [-0.25, -0.2) is 0 Å². The minimum Gasteiger partial charge on any atom is -0.346 e. The summed E-state index contributed by atoms with van der Waals surface area (Å²) < 4.78 is 0. The number of nitro benzene ring substituents is 1. The summed E-state index contributed by atoms with van der Waals surface area (Å²) in [4.78, 5) is 22.1. The van der Waals surface area contributed by atoms with Gasteiger partial charge in [0.1, 0.15) is 5.69 Å². The van der Waals surface area contributed by atoms with Gasteiger partial charge >= 0.3 is 0 Å². The maximum Gasteiger partial charge on any atom is 0.293 e. The molecule has 0 atom stereocenters. The standard InChI is InChI=1S/C12H12N6O3/c13-16-10-6-8(3-4-11(10)18(20)21)12(19)14-7-9-2-1-5-15-17-9/h1-6,16H,7,13H2,(H,14,19). The lowest BCUT2D eigenvalue weighted by Gasteiger charge is -2.07. The maximum atomic E-state index is 12.0. The third-order valence-electron chi connectivity index (χ3n) is 2.67. The van der Waals surface area contributed by atoms with Gasteiger partial charge in [0, 0.05) is 17.8 Å². The Balaban J connectivity index is 2.11. The van der Waals surface area contributed by atoms with Crippen LogP contribution in [0.4, 0.5) is 11.4 Å². The monoisotopic (exact) mass is 288 g/mol. The summed E-state index contributed by atoms with van der Waals surface area (Å²) in [6, 6.07) is 7.30. The lowest BCUT2D eigenvalue weighted by molar-refractivity contribution is -0.384. The molecule has 0 radical (unpaired) electrons. The van der Waals surface area contributed by atoms with Crippen molar-refractivity contribution in [2.75, 3.05) is 5.43 Å². The van der Waals surface area contributed by atoms with Crippen molar-refractivity contribution in [3.05, 3.63) is 57.9 Å². The van der Waals surface area contributed by atoms with Crippen molar-refractivity contribution < 1.29 is 9.72 Å². The average molecular weight is 288 g/mol. The molecule has 0 spiro atoms. The number of hydrogen-bond acceptors (Lipinski definition) is 7. The fourth-order valence-corrected chi connectivity index (χ4v) is 1.65. The summed E-state index contributed by atoms with van der Waals surface area (Å²) >= 11 is 0. The molecule has 0 aliphatic heterocycles. The van der Waals surface area contributed by atoms with E-state index in [9.17, 15) is 14.9 Å². The molecule has 4 N–H and O–H groups in total. The molecule has 9 nitrogen and oxygen atoms in total. The molecule has 2 aromatic rings. The molecule has 21 heavy (non-hydrogen) atoms. The van der Waals surface area contributed by atoms with Gasteiger partial charge in [0.2, 0.25) is 0 Å². The van der Waals surface area contributed by atoms with Crippen LogP contribution in [0, 0.1) is 10.1 Å². The van der Waals surface area contributed by atoms with Crippen molar-refractivity contribution >= 4 is 17.3 Å². The normalized spacial score (nSPS) is 9.95. The van der Waals surface area contributed by atoms with Crippen molar-refractivity contribution in [1.29, 1.82) is 0 Å². The zero-order valence-electron chi connectivity index (χ0n) is 10.8. The van der Waals surface area contributed by atoms with Crippen molar-refractivity contribution in [3.8, 4) is 0 Å². The Bertz CT molecular complexity index is 661. The summed E-state index contributed by atoms with van der Waals surface area (Å²) in [6.07, 6.45) is 1.53. The van der Waals surface area contributed by atoms with Gasteiger partial charge < -0.3 is 10.7 Å². The van der Waals surface area contributed by atoms with E-state index in [0.29, 0.717) is 5.69 Å². The molecule has 0 saturated heterocycles. The lowest BCUT2D eigenvalue weighted by atomic mass is 10.1. The van der Waals surface area contributed by atoms with E-state index in [1.165, 1.54) is 24.4 Å². The number of anilines is 1. The van der Waals surface area contributed by atoms with Crippen molar-refractivity contribution in [2.45, 2.75) is 6.54 Å². The van der Waals surface area contributed by atoms with Crippen LogP contribution in [0.25, 0.3) is 0 Å². The van der Waals surface area contributed by atoms with Crippen molar-refractivity contribution in [1.82, 2.24) is 15.5 Å². The molecule has 9 heteroatoms. The second-order valence-corrected chi connectivity index (χ2v) is 4.03. The van der Waals surface area contributed by atoms with E-state index >= 15 is 0 Å². The van der Waals surface area contributed by atoms with Crippen LogP contribution in [0.3, 0.4) is 0 Å². The average Bonchev–Trinajstić information content (AvgIpc) is 2.52. The largest absolute Gasteiger partial charge is 0.346 e. The number of aromatic nitrogens is 2. The van der Waals surface area contributed by atoms with Crippen molar-refractivity contribution in [3.63, 3.8) is 0 Å². The molecule has 0 saturated carbocycles. The molecule has 1 heterocycles. The molecule has 0 aliphatic rings. The smallest absolute Gasteiger partial charge is 0.293 e. The molecule has 0 unspecified atom stereocenters. The fourth-order valence-electron chi connectivity index (χ4n) is 1.65. The van der Waals surface area contributed by atoms with Crippen LogP contribution in [-0.4, -0.2) is 21.0 Å². The van der Waals surface area contributed by atoms with Crippen LogP contribution in [0.1, 0.15) is 16.1 Å². The molecule has 2 rings (SSSR count). The Labute approximate surface area is 119 Å². The summed E-state index contributed by atoms with van der Waals surface area (Å²) in [5.41, 5.74) is 2.91. The van der Waals surface area contributed by atoms with E-state index in [0.717, 1.165) is 0 Å². The number of hydrogen-bond donors (Lipinski definition) is 3. The third kappa shape index (κ3) is 3.48. The number of nitrogens with one attached hydrogen (secondary N) is 2. The van der Waals surface area contributed by atoms with Crippen LogP contribution in [0.15, 0.2) is 36.5 Å². The second kappa shape index (κ2) is 6.39. The number of rotatable bonds is 5. The first-order valence-corrected chi connectivity index (χ1v) is 5.91. The zero-order valence-corrected chi connectivity index (χ0v) is 10.8. The van der Waals surface area contributed by atoms with E-state index in [4.69, 9.17) is 5.84 Å². The van der Waals surface area contributed by atoms with Gasteiger partial charge in [-0.3, -0.25) is 20.8 Å². The topological polar surface area (TPSA) is 136 Å². The van der Waals surface area contributed by atoms with E-state index in [1.807, 2.05) is 0 Å². The second-order valence-electron chi connectivity index (χ2n) is 4.03.